The van der Waals surface area contributed by atoms with E-state index in [4.69, 9.17) is 0 Å². The van der Waals surface area contributed by atoms with Gasteiger partial charge >= 0.3 is 0 Å². The number of carbonyl (C=O) groups is 2. The maximum atomic E-state index is 13.4. The smallest absolute Gasteiger partial charge is 0.254 e. The minimum atomic E-state index is -0.891. The van der Waals surface area contributed by atoms with Gasteiger partial charge in [0.15, 0.2) is 0 Å². The number of rotatable bonds is 6. The quantitative estimate of drug-likeness (QED) is 0.791. The number of carbonyl (C=O) groups excluding carboxylic acids is 2. The van der Waals surface area contributed by atoms with Gasteiger partial charge in [0, 0.05) is 25.1 Å². The number of halogens is 2. The lowest BCUT2D eigenvalue weighted by molar-refractivity contribution is -0.122. The van der Waals surface area contributed by atoms with Crippen LogP contribution in [-0.2, 0) is 4.79 Å². The average molecular weight is 324 g/mol. The standard InChI is InChI=1S/C17H22F2N2O2/c18-12-8-9-14(15(19)11-12)17(23)20-10-4-7-16(22)21-13-5-2-1-3-6-13/h8-9,11,13H,1-7,10H2,(H,20,23)(H,21,22). The van der Waals surface area contributed by atoms with Gasteiger partial charge in [-0.3, -0.25) is 9.59 Å². The van der Waals surface area contributed by atoms with E-state index in [1.165, 1.54) is 6.42 Å². The second-order valence-corrected chi connectivity index (χ2v) is 5.89. The monoisotopic (exact) mass is 324 g/mol. The normalized spacial score (nSPS) is 15.2. The minimum absolute atomic E-state index is 0.0147. The second-order valence-electron chi connectivity index (χ2n) is 5.89. The lowest BCUT2D eigenvalue weighted by Crippen LogP contribution is -2.36. The van der Waals surface area contributed by atoms with Crippen LogP contribution in [0.3, 0.4) is 0 Å². The van der Waals surface area contributed by atoms with Gasteiger partial charge in [0.25, 0.3) is 5.91 Å². The summed E-state index contributed by atoms with van der Waals surface area (Å²) in [5.74, 6) is -2.23. The molecule has 0 aromatic heterocycles. The maximum absolute atomic E-state index is 13.4. The third kappa shape index (κ3) is 5.62. The van der Waals surface area contributed by atoms with Crippen LogP contribution in [-0.4, -0.2) is 24.4 Å². The highest BCUT2D eigenvalue weighted by molar-refractivity contribution is 5.94. The summed E-state index contributed by atoms with van der Waals surface area (Å²) in [5.41, 5.74) is -0.196. The molecule has 1 fully saturated rings. The Morgan fingerprint density at radius 1 is 1.13 bits per heavy atom. The van der Waals surface area contributed by atoms with Crippen LogP contribution in [0.4, 0.5) is 8.78 Å². The fourth-order valence-corrected chi connectivity index (χ4v) is 2.77. The number of hydrogen-bond donors (Lipinski definition) is 2. The molecule has 2 amide bonds. The average Bonchev–Trinajstić information content (AvgIpc) is 2.52. The van der Waals surface area contributed by atoms with Gasteiger partial charge in [-0.2, -0.15) is 0 Å². The summed E-state index contributed by atoms with van der Waals surface area (Å²) in [4.78, 5) is 23.6. The Morgan fingerprint density at radius 3 is 2.57 bits per heavy atom. The van der Waals surface area contributed by atoms with Crippen LogP contribution in [0.25, 0.3) is 0 Å². The first-order chi connectivity index (χ1) is 11.1. The molecular weight excluding hydrogens is 302 g/mol. The van der Waals surface area contributed by atoms with E-state index < -0.39 is 17.5 Å². The van der Waals surface area contributed by atoms with Crippen molar-refractivity contribution in [2.45, 2.75) is 51.0 Å². The van der Waals surface area contributed by atoms with Gasteiger partial charge in [-0.05, 0) is 31.4 Å². The number of benzene rings is 1. The van der Waals surface area contributed by atoms with Gasteiger partial charge in [-0.15, -0.1) is 0 Å². The predicted octanol–water partition coefficient (Wildman–Crippen LogP) is 2.92. The van der Waals surface area contributed by atoms with E-state index in [0.29, 0.717) is 18.9 Å². The SMILES string of the molecule is O=C(CCCNC(=O)c1ccc(F)cc1F)NC1CCCCC1. The van der Waals surface area contributed by atoms with E-state index >= 15 is 0 Å². The topological polar surface area (TPSA) is 58.2 Å². The molecule has 0 bridgehead atoms. The summed E-state index contributed by atoms with van der Waals surface area (Å²) < 4.78 is 26.2. The van der Waals surface area contributed by atoms with Crippen molar-refractivity contribution in [2.75, 3.05) is 6.54 Å². The Kier molecular flexibility index (Phi) is 6.50. The van der Waals surface area contributed by atoms with Crippen LogP contribution >= 0.6 is 0 Å². The van der Waals surface area contributed by atoms with Crippen molar-refractivity contribution in [1.82, 2.24) is 10.6 Å². The van der Waals surface area contributed by atoms with Gasteiger partial charge in [-0.1, -0.05) is 19.3 Å². The van der Waals surface area contributed by atoms with E-state index in [-0.39, 0.29) is 24.1 Å². The summed E-state index contributed by atoms with van der Waals surface area (Å²) in [6, 6.07) is 3.09. The number of amides is 2. The molecule has 1 aliphatic rings. The molecule has 0 radical (unpaired) electrons. The van der Waals surface area contributed by atoms with Gasteiger partial charge in [0.05, 0.1) is 5.56 Å². The molecule has 1 aromatic rings. The molecule has 1 aliphatic carbocycles. The molecule has 2 N–H and O–H groups in total. The summed E-state index contributed by atoms with van der Waals surface area (Å²) in [6.45, 7) is 0.272. The summed E-state index contributed by atoms with van der Waals surface area (Å²) in [5, 5.41) is 5.54. The molecule has 1 saturated carbocycles. The minimum Gasteiger partial charge on any atom is -0.353 e. The first-order valence-electron chi connectivity index (χ1n) is 8.09. The van der Waals surface area contributed by atoms with Crippen molar-refractivity contribution in [3.05, 3.63) is 35.4 Å². The van der Waals surface area contributed by atoms with Gasteiger partial charge in [0.1, 0.15) is 11.6 Å². The van der Waals surface area contributed by atoms with Crippen molar-refractivity contribution >= 4 is 11.8 Å². The third-order valence-electron chi connectivity index (χ3n) is 4.01. The van der Waals surface area contributed by atoms with Crippen LogP contribution in [0.15, 0.2) is 18.2 Å². The molecule has 4 nitrogen and oxygen atoms in total. The predicted molar refractivity (Wildman–Crippen MR) is 82.9 cm³/mol. The fourth-order valence-electron chi connectivity index (χ4n) is 2.77. The highest BCUT2D eigenvalue weighted by atomic mass is 19.1. The summed E-state index contributed by atoms with van der Waals surface area (Å²) in [7, 11) is 0. The van der Waals surface area contributed by atoms with Crippen molar-refractivity contribution < 1.29 is 18.4 Å². The molecule has 0 aliphatic heterocycles. The summed E-state index contributed by atoms with van der Waals surface area (Å²) in [6.07, 6.45) is 6.42. The Balaban J connectivity index is 1.66. The highest BCUT2D eigenvalue weighted by Crippen LogP contribution is 2.17. The fraction of sp³-hybridized carbons (Fsp3) is 0.529. The lowest BCUT2D eigenvalue weighted by Gasteiger charge is -2.22. The number of nitrogens with one attached hydrogen (secondary N) is 2. The van der Waals surface area contributed by atoms with E-state index in [1.807, 2.05) is 0 Å². The Labute approximate surface area is 134 Å². The largest absolute Gasteiger partial charge is 0.353 e. The summed E-state index contributed by atoms with van der Waals surface area (Å²) >= 11 is 0. The zero-order chi connectivity index (χ0) is 16.7. The van der Waals surface area contributed by atoms with Crippen molar-refractivity contribution in [2.24, 2.45) is 0 Å². The van der Waals surface area contributed by atoms with Crippen molar-refractivity contribution in [1.29, 1.82) is 0 Å². The third-order valence-corrected chi connectivity index (χ3v) is 4.01. The van der Waals surface area contributed by atoms with E-state index in [0.717, 1.165) is 37.8 Å². The molecule has 126 valence electrons. The van der Waals surface area contributed by atoms with E-state index in [1.54, 1.807) is 0 Å². The molecule has 2 rings (SSSR count). The molecule has 1 aromatic carbocycles. The second kappa shape index (κ2) is 8.60. The Hall–Kier alpha value is -1.98. The zero-order valence-electron chi connectivity index (χ0n) is 13.0. The van der Waals surface area contributed by atoms with Crippen LogP contribution in [0.1, 0.15) is 55.3 Å². The van der Waals surface area contributed by atoms with Crippen LogP contribution in [0.5, 0.6) is 0 Å². The van der Waals surface area contributed by atoms with E-state index in [2.05, 4.69) is 10.6 Å². The molecule has 0 spiro atoms. The molecule has 0 saturated heterocycles. The first-order valence-corrected chi connectivity index (χ1v) is 8.09. The van der Waals surface area contributed by atoms with Gasteiger partial charge in [-0.25, -0.2) is 8.78 Å². The van der Waals surface area contributed by atoms with Gasteiger partial charge in [0.2, 0.25) is 5.91 Å². The Bertz CT molecular complexity index is 558. The van der Waals surface area contributed by atoms with E-state index in [9.17, 15) is 18.4 Å². The molecule has 6 heteroatoms. The lowest BCUT2D eigenvalue weighted by atomic mass is 9.95. The molecule has 23 heavy (non-hydrogen) atoms. The molecular formula is C17H22F2N2O2. The maximum Gasteiger partial charge on any atom is 0.254 e. The molecule has 0 heterocycles. The van der Waals surface area contributed by atoms with Crippen LogP contribution < -0.4 is 10.6 Å². The van der Waals surface area contributed by atoms with Crippen molar-refractivity contribution in [3.8, 4) is 0 Å². The van der Waals surface area contributed by atoms with Crippen LogP contribution in [0.2, 0.25) is 0 Å². The highest BCUT2D eigenvalue weighted by Gasteiger charge is 2.15. The zero-order valence-corrected chi connectivity index (χ0v) is 13.0. The van der Waals surface area contributed by atoms with Gasteiger partial charge < -0.3 is 10.6 Å². The van der Waals surface area contributed by atoms with Crippen LogP contribution in [0, 0.1) is 11.6 Å². The first kappa shape index (κ1) is 17.4. The number of hydrogen-bond acceptors (Lipinski definition) is 2. The molecule has 0 unspecified atom stereocenters. The Morgan fingerprint density at radius 2 is 1.87 bits per heavy atom. The molecule has 0 atom stereocenters. The van der Waals surface area contributed by atoms with Crippen molar-refractivity contribution in [3.63, 3.8) is 0 Å².